The first-order valence-corrected chi connectivity index (χ1v) is 7.60. The van der Waals surface area contributed by atoms with Crippen molar-refractivity contribution in [2.24, 2.45) is 5.73 Å². The molecule has 7 heteroatoms. The smallest absolute Gasteiger partial charge is 0.262 e. The summed E-state index contributed by atoms with van der Waals surface area (Å²) in [5.74, 6) is -1.27. The number of sulfonamides is 1. The molecule has 0 spiro atoms. The Hall–Kier alpha value is -1.99. The lowest BCUT2D eigenvalue weighted by atomic mass is 10.2. The van der Waals surface area contributed by atoms with Gasteiger partial charge in [-0.15, -0.1) is 0 Å². The van der Waals surface area contributed by atoms with E-state index in [4.69, 9.17) is 5.73 Å². The summed E-state index contributed by atoms with van der Waals surface area (Å²) in [6.45, 7) is 1.39. The Bertz CT molecular complexity index is 777. The molecule has 21 heavy (non-hydrogen) atoms. The molecule has 0 aliphatic rings. The average molecular weight is 312 g/mol. The van der Waals surface area contributed by atoms with E-state index in [0.717, 1.165) is 6.07 Å². The second-order valence-electron chi connectivity index (χ2n) is 4.49. The summed E-state index contributed by atoms with van der Waals surface area (Å²) in [4.78, 5) is -0.199. The summed E-state index contributed by atoms with van der Waals surface area (Å²) >= 11 is 0. The van der Waals surface area contributed by atoms with Crippen molar-refractivity contribution in [1.82, 2.24) is 0 Å². The molecule has 0 unspecified atom stereocenters. The zero-order valence-corrected chi connectivity index (χ0v) is 12.0. The number of hydrogen-bond acceptors (Lipinski definition) is 3. The van der Waals surface area contributed by atoms with Crippen LogP contribution in [0.3, 0.4) is 0 Å². The van der Waals surface area contributed by atoms with Crippen LogP contribution in [0, 0.1) is 18.6 Å². The second-order valence-corrected chi connectivity index (χ2v) is 6.14. The predicted octanol–water partition coefficient (Wildman–Crippen LogP) is 2.53. The zero-order chi connectivity index (χ0) is 15.6. The Balaban J connectivity index is 2.47. The third-order valence-corrected chi connectivity index (χ3v) is 4.51. The van der Waals surface area contributed by atoms with Gasteiger partial charge in [-0.05, 0) is 36.8 Å². The molecule has 0 heterocycles. The molecule has 0 amide bonds. The number of nitrogens with two attached hydrogens (primary N) is 1. The fourth-order valence-corrected chi connectivity index (χ4v) is 3.28. The van der Waals surface area contributed by atoms with Crippen LogP contribution in [-0.2, 0) is 16.6 Å². The lowest BCUT2D eigenvalue weighted by Crippen LogP contribution is -2.17. The van der Waals surface area contributed by atoms with E-state index < -0.39 is 21.7 Å². The zero-order valence-electron chi connectivity index (χ0n) is 11.2. The molecule has 0 radical (unpaired) electrons. The topological polar surface area (TPSA) is 72.2 Å². The van der Waals surface area contributed by atoms with E-state index in [0.29, 0.717) is 5.56 Å². The van der Waals surface area contributed by atoms with Crippen molar-refractivity contribution in [3.8, 4) is 0 Å². The summed E-state index contributed by atoms with van der Waals surface area (Å²) in [6, 6.07) is 7.40. The van der Waals surface area contributed by atoms with Crippen molar-refractivity contribution in [3.63, 3.8) is 0 Å². The van der Waals surface area contributed by atoms with E-state index in [2.05, 4.69) is 4.72 Å². The standard InChI is InChI=1S/C14H14F2N2O2S/c1-9-5-6-10(15)7-14(9)21(19,20)18-13-4-2-3-12(16)11(13)8-17/h2-7,18H,8,17H2,1H3. The van der Waals surface area contributed by atoms with E-state index in [1.807, 2.05) is 0 Å². The molecular weight excluding hydrogens is 298 g/mol. The van der Waals surface area contributed by atoms with Crippen molar-refractivity contribution in [1.29, 1.82) is 0 Å². The first-order chi connectivity index (χ1) is 9.85. The fourth-order valence-electron chi connectivity index (χ4n) is 1.92. The van der Waals surface area contributed by atoms with Crippen LogP contribution in [0.4, 0.5) is 14.5 Å². The lowest BCUT2D eigenvalue weighted by molar-refractivity contribution is 0.593. The molecule has 2 aromatic rings. The highest BCUT2D eigenvalue weighted by Gasteiger charge is 2.20. The molecule has 4 nitrogen and oxygen atoms in total. The minimum absolute atomic E-state index is 0.0427. The third-order valence-electron chi connectivity index (χ3n) is 3.01. The molecule has 0 aromatic heterocycles. The van der Waals surface area contributed by atoms with E-state index in [9.17, 15) is 17.2 Å². The molecule has 0 saturated heterocycles. The average Bonchev–Trinajstić information content (AvgIpc) is 2.41. The van der Waals surface area contributed by atoms with Gasteiger partial charge in [0.25, 0.3) is 10.0 Å². The number of hydrogen-bond donors (Lipinski definition) is 2. The second kappa shape index (κ2) is 5.79. The van der Waals surface area contributed by atoms with Gasteiger partial charge in [-0.25, -0.2) is 17.2 Å². The maximum Gasteiger partial charge on any atom is 0.262 e. The van der Waals surface area contributed by atoms with Crippen LogP contribution < -0.4 is 10.5 Å². The Morgan fingerprint density at radius 2 is 1.90 bits per heavy atom. The van der Waals surface area contributed by atoms with Crippen molar-refractivity contribution < 1.29 is 17.2 Å². The highest BCUT2D eigenvalue weighted by molar-refractivity contribution is 7.92. The quantitative estimate of drug-likeness (QED) is 0.911. The molecule has 0 aliphatic heterocycles. The molecule has 112 valence electrons. The van der Waals surface area contributed by atoms with Gasteiger partial charge in [0.15, 0.2) is 0 Å². The largest absolute Gasteiger partial charge is 0.326 e. The first-order valence-electron chi connectivity index (χ1n) is 6.11. The van der Waals surface area contributed by atoms with Crippen molar-refractivity contribution in [2.45, 2.75) is 18.4 Å². The lowest BCUT2D eigenvalue weighted by Gasteiger charge is -2.13. The minimum Gasteiger partial charge on any atom is -0.326 e. The van der Waals surface area contributed by atoms with Gasteiger partial charge >= 0.3 is 0 Å². The summed E-state index contributed by atoms with van der Waals surface area (Å²) in [5.41, 5.74) is 5.91. The number of nitrogens with one attached hydrogen (secondary N) is 1. The fraction of sp³-hybridized carbons (Fsp3) is 0.143. The van der Waals surface area contributed by atoms with Crippen LogP contribution in [0.5, 0.6) is 0 Å². The maximum absolute atomic E-state index is 13.6. The number of anilines is 1. The molecule has 2 aromatic carbocycles. The minimum atomic E-state index is -4.03. The van der Waals surface area contributed by atoms with Gasteiger partial charge in [0.2, 0.25) is 0 Å². The van der Waals surface area contributed by atoms with E-state index in [-0.39, 0.29) is 22.7 Å². The molecule has 2 rings (SSSR count). The van der Waals surface area contributed by atoms with Crippen LogP contribution in [0.1, 0.15) is 11.1 Å². The maximum atomic E-state index is 13.6. The Morgan fingerprint density at radius 3 is 2.57 bits per heavy atom. The van der Waals surface area contributed by atoms with Crippen LogP contribution >= 0.6 is 0 Å². The summed E-state index contributed by atoms with van der Waals surface area (Å²) < 4.78 is 53.7. The first kappa shape index (κ1) is 15.4. The highest BCUT2D eigenvalue weighted by atomic mass is 32.2. The predicted molar refractivity (Wildman–Crippen MR) is 76.2 cm³/mol. The van der Waals surface area contributed by atoms with E-state index in [1.54, 1.807) is 6.92 Å². The number of aryl methyl sites for hydroxylation is 1. The Kier molecular flexibility index (Phi) is 4.24. The van der Waals surface area contributed by atoms with Crippen molar-refractivity contribution >= 4 is 15.7 Å². The summed E-state index contributed by atoms with van der Waals surface area (Å²) in [6.07, 6.45) is 0. The number of rotatable bonds is 4. The van der Waals surface area contributed by atoms with Gasteiger partial charge in [-0.3, -0.25) is 4.72 Å². The van der Waals surface area contributed by atoms with Crippen LogP contribution in [0.2, 0.25) is 0 Å². The van der Waals surface area contributed by atoms with Gasteiger partial charge in [-0.2, -0.15) is 0 Å². The van der Waals surface area contributed by atoms with Gasteiger partial charge in [-0.1, -0.05) is 12.1 Å². The van der Waals surface area contributed by atoms with E-state index in [1.165, 1.54) is 30.3 Å². The molecule has 0 aliphatic carbocycles. The Morgan fingerprint density at radius 1 is 1.19 bits per heavy atom. The molecule has 0 fully saturated rings. The third kappa shape index (κ3) is 3.20. The molecule has 0 saturated carbocycles. The molecule has 0 atom stereocenters. The van der Waals surface area contributed by atoms with Gasteiger partial charge < -0.3 is 5.73 Å². The van der Waals surface area contributed by atoms with Crippen LogP contribution in [0.15, 0.2) is 41.3 Å². The van der Waals surface area contributed by atoms with Gasteiger partial charge in [0.1, 0.15) is 11.6 Å². The van der Waals surface area contributed by atoms with E-state index >= 15 is 0 Å². The van der Waals surface area contributed by atoms with Gasteiger partial charge in [0, 0.05) is 12.1 Å². The van der Waals surface area contributed by atoms with Crippen molar-refractivity contribution in [2.75, 3.05) is 4.72 Å². The van der Waals surface area contributed by atoms with Gasteiger partial charge in [0.05, 0.1) is 10.6 Å². The monoisotopic (exact) mass is 312 g/mol. The normalized spacial score (nSPS) is 11.4. The summed E-state index contributed by atoms with van der Waals surface area (Å²) in [5, 5.41) is 0. The molecule has 3 N–H and O–H groups in total. The van der Waals surface area contributed by atoms with Crippen LogP contribution in [-0.4, -0.2) is 8.42 Å². The molecule has 0 bridgehead atoms. The van der Waals surface area contributed by atoms with Crippen LogP contribution in [0.25, 0.3) is 0 Å². The molecular formula is C14H14F2N2O2S. The number of benzene rings is 2. The SMILES string of the molecule is Cc1ccc(F)cc1S(=O)(=O)Nc1cccc(F)c1CN. The summed E-state index contributed by atoms with van der Waals surface area (Å²) in [7, 11) is -4.03. The highest BCUT2D eigenvalue weighted by Crippen LogP contribution is 2.24. The van der Waals surface area contributed by atoms with Crippen molar-refractivity contribution in [3.05, 3.63) is 59.2 Å². The number of halogens is 2. The Labute approximate surface area is 121 Å².